The lowest BCUT2D eigenvalue weighted by Gasteiger charge is -2.33. The van der Waals surface area contributed by atoms with Crippen LogP contribution >= 0.6 is 0 Å². The van der Waals surface area contributed by atoms with Crippen LogP contribution in [0, 0.1) is 12.7 Å². The number of likely N-dealkylation sites (N-methyl/N-ethyl adjacent to an activating group) is 1. The summed E-state index contributed by atoms with van der Waals surface area (Å²) in [6.45, 7) is 12.0. The highest BCUT2D eigenvalue weighted by molar-refractivity contribution is 6.05. The van der Waals surface area contributed by atoms with Crippen LogP contribution in [0.4, 0.5) is 27.3 Å². The lowest BCUT2D eigenvalue weighted by molar-refractivity contribution is 0.102. The number of benzene rings is 2. The molecular formula is C34H39FN6O2. The zero-order valence-corrected chi connectivity index (χ0v) is 25.7. The number of halogens is 1. The fraction of sp³-hybridized carbons (Fsp3) is 0.324. The summed E-state index contributed by atoms with van der Waals surface area (Å²) in [6, 6.07) is 15.7. The number of rotatable bonds is 6. The van der Waals surface area contributed by atoms with E-state index in [9.17, 15) is 14.0 Å². The first-order valence-corrected chi connectivity index (χ1v) is 14.5. The Labute approximate surface area is 252 Å². The zero-order valence-electron chi connectivity index (χ0n) is 25.7. The fourth-order valence-corrected chi connectivity index (χ4v) is 5.22. The molecule has 0 bridgehead atoms. The van der Waals surface area contributed by atoms with Crippen molar-refractivity contribution in [1.82, 2.24) is 14.5 Å². The summed E-state index contributed by atoms with van der Waals surface area (Å²) in [7, 11) is 3.77. The van der Waals surface area contributed by atoms with Crippen molar-refractivity contribution in [1.29, 1.82) is 0 Å². The Balaban J connectivity index is 1.39. The van der Waals surface area contributed by atoms with Gasteiger partial charge in [-0.25, -0.2) is 9.37 Å². The van der Waals surface area contributed by atoms with E-state index < -0.39 is 5.82 Å². The quantitative estimate of drug-likeness (QED) is 0.293. The van der Waals surface area contributed by atoms with Crippen molar-refractivity contribution in [3.05, 3.63) is 99.9 Å². The zero-order chi connectivity index (χ0) is 30.9. The Morgan fingerprint density at radius 3 is 2.26 bits per heavy atom. The van der Waals surface area contributed by atoms with Crippen molar-refractivity contribution in [2.75, 3.05) is 48.8 Å². The minimum atomic E-state index is -0.497. The molecule has 1 aliphatic rings. The van der Waals surface area contributed by atoms with Crippen molar-refractivity contribution in [2.24, 2.45) is 7.05 Å². The van der Waals surface area contributed by atoms with Gasteiger partial charge in [-0.2, -0.15) is 0 Å². The molecule has 2 N–H and O–H groups in total. The molecule has 1 aliphatic heterocycles. The summed E-state index contributed by atoms with van der Waals surface area (Å²) in [6.07, 6.45) is 3.47. The highest BCUT2D eigenvalue weighted by Gasteiger charge is 2.18. The third kappa shape index (κ3) is 6.78. The molecule has 5 rings (SSSR count). The Kier molecular flexibility index (Phi) is 8.37. The molecule has 0 unspecified atom stereocenters. The lowest BCUT2D eigenvalue weighted by Crippen LogP contribution is -2.44. The Morgan fingerprint density at radius 1 is 0.930 bits per heavy atom. The van der Waals surface area contributed by atoms with Crippen molar-refractivity contribution in [3.63, 3.8) is 0 Å². The number of aromatic nitrogens is 2. The summed E-state index contributed by atoms with van der Waals surface area (Å²) < 4.78 is 16.4. The number of nitrogens with one attached hydrogen (secondary N) is 2. The lowest BCUT2D eigenvalue weighted by atomic mass is 9.86. The van der Waals surface area contributed by atoms with Gasteiger partial charge in [0.2, 0.25) is 0 Å². The Morgan fingerprint density at radius 2 is 1.63 bits per heavy atom. The van der Waals surface area contributed by atoms with E-state index in [0.717, 1.165) is 37.4 Å². The average Bonchev–Trinajstić information content (AvgIpc) is 2.97. The maximum atomic E-state index is 14.9. The van der Waals surface area contributed by atoms with E-state index >= 15 is 0 Å². The van der Waals surface area contributed by atoms with Crippen molar-refractivity contribution < 1.29 is 9.18 Å². The average molecular weight is 583 g/mol. The second kappa shape index (κ2) is 12.0. The smallest absolute Gasteiger partial charge is 0.274 e. The number of carbonyl (C=O) groups excluding carboxylic acids is 1. The molecule has 43 heavy (non-hydrogen) atoms. The SMILES string of the molecule is Cc1c(NC(=O)c2ccc(C(C)(C)C)cc2)cc(F)cc1-c1cc(Nc2ccc(N3CCN(C)CC3)cn2)c(=O)n(C)c1. The van der Waals surface area contributed by atoms with Crippen LogP contribution in [-0.2, 0) is 12.5 Å². The van der Waals surface area contributed by atoms with Crippen LogP contribution < -0.4 is 21.1 Å². The molecule has 1 fully saturated rings. The van der Waals surface area contributed by atoms with Gasteiger partial charge < -0.3 is 25.0 Å². The number of anilines is 4. The predicted octanol–water partition coefficient (Wildman–Crippen LogP) is 5.94. The van der Waals surface area contributed by atoms with Gasteiger partial charge in [0.05, 0.1) is 11.9 Å². The van der Waals surface area contributed by atoms with Gasteiger partial charge in [-0.15, -0.1) is 0 Å². The van der Waals surface area contributed by atoms with Crippen LogP contribution in [0.3, 0.4) is 0 Å². The number of nitrogens with zero attached hydrogens (tertiary/aromatic N) is 4. The number of amides is 1. The molecule has 0 saturated carbocycles. The maximum Gasteiger partial charge on any atom is 0.274 e. The van der Waals surface area contributed by atoms with E-state index in [0.29, 0.717) is 39.4 Å². The third-order valence-corrected chi connectivity index (χ3v) is 8.01. The number of hydrogen-bond acceptors (Lipinski definition) is 6. The van der Waals surface area contributed by atoms with E-state index in [1.165, 1.54) is 16.7 Å². The van der Waals surface area contributed by atoms with Gasteiger partial charge in [0.25, 0.3) is 11.5 Å². The van der Waals surface area contributed by atoms with Crippen LogP contribution in [0.25, 0.3) is 11.1 Å². The number of piperazine rings is 1. The molecule has 0 atom stereocenters. The third-order valence-electron chi connectivity index (χ3n) is 8.01. The van der Waals surface area contributed by atoms with Crippen LogP contribution in [0.5, 0.6) is 0 Å². The molecule has 2 aromatic heterocycles. The van der Waals surface area contributed by atoms with Crippen LogP contribution in [0.15, 0.2) is 71.8 Å². The first kappa shape index (κ1) is 30.0. The van der Waals surface area contributed by atoms with E-state index in [-0.39, 0.29) is 16.9 Å². The monoisotopic (exact) mass is 582 g/mol. The summed E-state index contributed by atoms with van der Waals surface area (Å²) >= 11 is 0. The Bertz CT molecular complexity index is 1680. The minimum absolute atomic E-state index is 0.0311. The Hall–Kier alpha value is -4.50. The van der Waals surface area contributed by atoms with Gasteiger partial charge in [0.1, 0.15) is 17.3 Å². The molecule has 3 heterocycles. The minimum Gasteiger partial charge on any atom is -0.368 e. The van der Waals surface area contributed by atoms with Gasteiger partial charge in [-0.1, -0.05) is 32.9 Å². The fourth-order valence-electron chi connectivity index (χ4n) is 5.22. The van der Waals surface area contributed by atoms with Crippen LogP contribution in [0.2, 0.25) is 0 Å². The second-order valence-corrected chi connectivity index (χ2v) is 12.3. The van der Waals surface area contributed by atoms with Crippen LogP contribution in [-0.4, -0.2) is 53.6 Å². The van der Waals surface area contributed by atoms with E-state index in [2.05, 4.69) is 53.2 Å². The number of carbonyl (C=O) groups is 1. The largest absolute Gasteiger partial charge is 0.368 e. The van der Waals surface area contributed by atoms with Gasteiger partial charge in [-0.3, -0.25) is 9.59 Å². The normalized spacial score (nSPS) is 14.1. The predicted molar refractivity (Wildman–Crippen MR) is 172 cm³/mol. The summed E-state index contributed by atoms with van der Waals surface area (Å²) in [4.78, 5) is 35.3. The van der Waals surface area contributed by atoms with Crippen molar-refractivity contribution in [3.8, 4) is 11.1 Å². The van der Waals surface area contributed by atoms with Crippen LogP contribution in [0.1, 0.15) is 42.3 Å². The van der Waals surface area contributed by atoms with E-state index in [1.54, 1.807) is 31.4 Å². The second-order valence-electron chi connectivity index (χ2n) is 12.3. The molecule has 2 aromatic carbocycles. The number of aryl methyl sites for hydroxylation is 1. The summed E-state index contributed by atoms with van der Waals surface area (Å²) in [5.74, 6) is -0.286. The molecule has 224 valence electrons. The number of pyridine rings is 2. The van der Waals surface area contributed by atoms with Gasteiger partial charge in [0, 0.05) is 56.2 Å². The molecule has 1 amide bonds. The highest BCUT2D eigenvalue weighted by atomic mass is 19.1. The van der Waals surface area contributed by atoms with E-state index in [4.69, 9.17) is 0 Å². The summed E-state index contributed by atoms with van der Waals surface area (Å²) in [5, 5.41) is 6.01. The van der Waals surface area contributed by atoms with Crippen molar-refractivity contribution in [2.45, 2.75) is 33.1 Å². The molecule has 0 radical (unpaired) electrons. The van der Waals surface area contributed by atoms with E-state index in [1.807, 2.05) is 37.4 Å². The molecule has 0 spiro atoms. The molecular weight excluding hydrogens is 543 g/mol. The highest BCUT2D eigenvalue weighted by Crippen LogP contribution is 2.32. The first-order valence-electron chi connectivity index (χ1n) is 14.5. The standard InChI is InChI=1S/C34H39FN6O2/c1-22-28(18-26(35)19-29(22)38-32(42)23-7-9-25(10-8-23)34(2,3)4)24-17-30(33(43)40(6)21-24)37-31-12-11-27(20-36-31)41-15-13-39(5)14-16-41/h7-12,17-21H,13-16H2,1-6H3,(H,36,37)(H,38,42). The van der Waals surface area contributed by atoms with Gasteiger partial charge in [0.15, 0.2) is 0 Å². The van der Waals surface area contributed by atoms with Gasteiger partial charge in [-0.05, 0) is 78.5 Å². The molecule has 8 nitrogen and oxygen atoms in total. The topological polar surface area (TPSA) is 82.5 Å². The molecule has 0 aliphatic carbocycles. The first-order chi connectivity index (χ1) is 20.4. The van der Waals surface area contributed by atoms with Gasteiger partial charge >= 0.3 is 0 Å². The molecule has 9 heteroatoms. The molecule has 4 aromatic rings. The number of hydrogen-bond donors (Lipinski definition) is 2. The van der Waals surface area contributed by atoms with Crippen molar-refractivity contribution >= 4 is 28.8 Å². The molecule has 1 saturated heterocycles. The summed E-state index contributed by atoms with van der Waals surface area (Å²) in [5.41, 5.74) is 4.92. The maximum absolute atomic E-state index is 14.9.